The van der Waals surface area contributed by atoms with E-state index in [9.17, 15) is 0 Å². The highest BCUT2D eigenvalue weighted by Crippen LogP contribution is 2.38. The van der Waals surface area contributed by atoms with Crippen molar-refractivity contribution in [1.82, 2.24) is 5.32 Å². The van der Waals surface area contributed by atoms with E-state index in [0.717, 1.165) is 6.54 Å². The molecular formula is C16H24BrNS. The van der Waals surface area contributed by atoms with Crippen molar-refractivity contribution in [2.45, 2.75) is 49.8 Å². The average Bonchev–Trinajstić information content (AvgIpc) is 2.46. The summed E-state index contributed by atoms with van der Waals surface area (Å²) in [6.07, 6.45) is 9.21. The van der Waals surface area contributed by atoms with Gasteiger partial charge in [-0.1, -0.05) is 53.4 Å². The van der Waals surface area contributed by atoms with Crippen molar-refractivity contribution < 1.29 is 0 Å². The van der Waals surface area contributed by atoms with E-state index in [1.807, 2.05) is 0 Å². The highest BCUT2D eigenvalue weighted by molar-refractivity contribution is 9.10. The second kappa shape index (κ2) is 7.14. The largest absolute Gasteiger partial charge is 0.309 e. The SMILES string of the molecule is CSC1(CNC(C)c2ccccc2Br)CCCCC1. The zero-order chi connectivity index (χ0) is 13.7. The maximum Gasteiger partial charge on any atom is 0.0303 e. The molecule has 0 spiro atoms. The molecule has 1 nitrogen and oxygen atoms in total. The summed E-state index contributed by atoms with van der Waals surface area (Å²) in [6, 6.07) is 8.92. The summed E-state index contributed by atoms with van der Waals surface area (Å²) in [4.78, 5) is 0. The van der Waals surface area contributed by atoms with Crippen molar-refractivity contribution in [3.05, 3.63) is 34.3 Å². The van der Waals surface area contributed by atoms with E-state index in [0.29, 0.717) is 10.8 Å². The minimum atomic E-state index is 0.404. The first-order valence-electron chi connectivity index (χ1n) is 7.20. The summed E-state index contributed by atoms with van der Waals surface area (Å²) in [6.45, 7) is 3.38. The number of benzene rings is 1. The zero-order valence-corrected chi connectivity index (χ0v) is 14.3. The normalized spacial score (nSPS) is 20.2. The van der Waals surface area contributed by atoms with Gasteiger partial charge in [0.2, 0.25) is 0 Å². The van der Waals surface area contributed by atoms with Gasteiger partial charge in [-0.15, -0.1) is 0 Å². The van der Waals surface area contributed by atoms with Crippen LogP contribution >= 0.6 is 27.7 Å². The molecule has 1 N–H and O–H groups in total. The molecule has 1 aliphatic carbocycles. The third-order valence-electron chi connectivity index (χ3n) is 4.30. The Bertz CT molecular complexity index is 401. The molecule has 0 radical (unpaired) electrons. The Morgan fingerprint density at radius 2 is 1.95 bits per heavy atom. The van der Waals surface area contributed by atoms with Crippen LogP contribution in [0.1, 0.15) is 50.6 Å². The van der Waals surface area contributed by atoms with Crippen molar-refractivity contribution in [3.8, 4) is 0 Å². The van der Waals surface area contributed by atoms with E-state index in [1.54, 1.807) is 0 Å². The molecule has 1 saturated carbocycles. The van der Waals surface area contributed by atoms with Crippen LogP contribution in [-0.2, 0) is 0 Å². The molecule has 0 heterocycles. The summed E-state index contributed by atoms with van der Waals surface area (Å²) in [5, 5.41) is 3.75. The van der Waals surface area contributed by atoms with Crippen LogP contribution in [0.15, 0.2) is 28.7 Å². The first-order chi connectivity index (χ1) is 9.17. The molecule has 0 amide bonds. The number of rotatable bonds is 5. The van der Waals surface area contributed by atoms with E-state index in [-0.39, 0.29) is 0 Å². The quantitative estimate of drug-likeness (QED) is 0.793. The van der Waals surface area contributed by atoms with Crippen molar-refractivity contribution in [1.29, 1.82) is 0 Å². The number of halogens is 1. The van der Waals surface area contributed by atoms with Crippen molar-refractivity contribution in [3.63, 3.8) is 0 Å². The van der Waals surface area contributed by atoms with Gasteiger partial charge in [-0.25, -0.2) is 0 Å². The van der Waals surface area contributed by atoms with Crippen LogP contribution in [0.4, 0.5) is 0 Å². The topological polar surface area (TPSA) is 12.0 Å². The van der Waals surface area contributed by atoms with E-state index in [2.05, 4.69) is 70.5 Å². The molecule has 1 aromatic carbocycles. The van der Waals surface area contributed by atoms with Gasteiger partial charge in [0, 0.05) is 21.8 Å². The second-order valence-electron chi connectivity index (χ2n) is 5.57. The minimum absolute atomic E-state index is 0.404. The molecule has 0 aromatic heterocycles. The van der Waals surface area contributed by atoms with Gasteiger partial charge < -0.3 is 5.32 Å². The Kier molecular flexibility index (Phi) is 5.79. The number of hydrogen-bond acceptors (Lipinski definition) is 2. The summed E-state index contributed by atoms with van der Waals surface area (Å²) in [5.41, 5.74) is 1.36. The molecule has 0 bridgehead atoms. The van der Waals surface area contributed by atoms with E-state index in [4.69, 9.17) is 0 Å². The standard InChI is InChI=1S/C16H24BrNS/c1-13(14-8-4-5-9-15(14)17)18-12-16(19-2)10-6-3-7-11-16/h4-5,8-9,13,18H,3,6-7,10-12H2,1-2H3. The van der Waals surface area contributed by atoms with Gasteiger partial charge in [-0.3, -0.25) is 0 Å². The van der Waals surface area contributed by atoms with Gasteiger partial charge in [-0.2, -0.15) is 11.8 Å². The van der Waals surface area contributed by atoms with Gasteiger partial charge in [0.1, 0.15) is 0 Å². The molecule has 1 fully saturated rings. The Labute approximate surface area is 130 Å². The Morgan fingerprint density at radius 3 is 2.58 bits per heavy atom. The number of nitrogens with one attached hydrogen (secondary N) is 1. The first kappa shape index (κ1) is 15.4. The third kappa shape index (κ3) is 3.99. The fraction of sp³-hybridized carbons (Fsp3) is 0.625. The van der Waals surface area contributed by atoms with Gasteiger partial charge in [0.25, 0.3) is 0 Å². The summed E-state index contributed by atoms with van der Waals surface area (Å²) in [7, 11) is 0. The van der Waals surface area contributed by atoms with Crippen LogP contribution in [0.5, 0.6) is 0 Å². The summed E-state index contributed by atoms with van der Waals surface area (Å²) < 4.78 is 1.67. The van der Waals surface area contributed by atoms with E-state index >= 15 is 0 Å². The molecule has 3 heteroatoms. The predicted octanol–water partition coefficient (Wildman–Crippen LogP) is 5.17. The lowest BCUT2D eigenvalue weighted by Gasteiger charge is -2.37. The zero-order valence-electron chi connectivity index (χ0n) is 11.9. The highest BCUT2D eigenvalue weighted by Gasteiger charge is 2.31. The molecule has 0 saturated heterocycles. The van der Waals surface area contributed by atoms with Crippen LogP contribution < -0.4 is 5.32 Å². The Balaban J connectivity index is 1.95. The smallest absolute Gasteiger partial charge is 0.0303 e. The van der Waals surface area contributed by atoms with Crippen LogP contribution in [0.25, 0.3) is 0 Å². The predicted molar refractivity (Wildman–Crippen MR) is 89.9 cm³/mol. The second-order valence-corrected chi connectivity index (χ2v) is 7.70. The Hall–Kier alpha value is 0.01000. The lowest BCUT2D eigenvalue weighted by atomic mass is 9.88. The summed E-state index contributed by atoms with van der Waals surface area (Å²) >= 11 is 5.71. The monoisotopic (exact) mass is 341 g/mol. The molecule has 0 aliphatic heterocycles. The fourth-order valence-electron chi connectivity index (χ4n) is 2.92. The lowest BCUT2D eigenvalue weighted by Crippen LogP contribution is -2.40. The van der Waals surface area contributed by atoms with Crippen LogP contribution in [0.3, 0.4) is 0 Å². The first-order valence-corrected chi connectivity index (χ1v) is 9.22. The third-order valence-corrected chi connectivity index (χ3v) is 6.44. The molecule has 1 aliphatic rings. The highest BCUT2D eigenvalue weighted by atomic mass is 79.9. The lowest BCUT2D eigenvalue weighted by molar-refractivity contribution is 0.367. The summed E-state index contributed by atoms with van der Waals surface area (Å²) in [5.74, 6) is 0. The van der Waals surface area contributed by atoms with Gasteiger partial charge in [0.05, 0.1) is 0 Å². The molecular weight excluding hydrogens is 318 g/mol. The van der Waals surface area contributed by atoms with Crippen LogP contribution in [0, 0.1) is 0 Å². The number of thioether (sulfide) groups is 1. The van der Waals surface area contributed by atoms with Crippen molar-refractivity contribution in [2.75, 3.05) is 12.8 Å². The van der Waals surface area contributed by atoms with Gasteiger partial charge in [0.15, 0.2) is 0 Å². The molecule has 1 atom stereocenters. The van der Waals surface area contributed by atoms with Crippen LogP contribution in [0.2, 0.25) is 0 Å². The van der Waals surface area contributed by atoms with Gasteiger partial charge >= 0.3 is 0 Å². The molecule has 19 heavy (non-hydrogen) atoms. The van der Waals surface area contributed by atoms with Crippen molar-refractivity contribution >= 4 is 27.7 Å². The van der Waals surface area contributed by atoms with Gasteiger partial charge in [-0.05, 0) is 37.7 Å². The average molecular weight is 342 g/mol. The minimum Gasteiger partial charge on any atom is -0.309 e. The Morgan fingerprint density at radius 1 is 1.26 bits per heavy atom. The maximum atomic E-state index is 3.75. The van der Waals surface area contributed by atoms with E-state index < -0.39 is 0 Å². The molecule has 106 valence electrons. The number of hydrogen-bond donors (Lipinski definition) is 1. The van der Waals surface area contributed by atoms with Crippen molar-refractivity contribution in [2.24, 2.45) is 0 Å². The maximum absolute atomic E-state index is 3.75. The van der Waals surface area contributed by atoms with Crippen LogP contribution in [-0.4, -0.2) is 17.5 Å². The molecule has 2 rings (SSSR count). The molecule has 1 aromatic rings. The van der Waals surface area contributed by atoms with E-state index in [1.165, 1.54) is 42.1 Å². The fourth-order valence-corrected chi connectivity index (χ4v) is 4.48. The molecule has 1 unspecified atom stereocenters.